The summed E-state index contributed by atoms with van der Waals surface area (Å²) in [6.45, 7) is 5.07. The molecule has 2 aliphatic carbocycles. The van der Waals surface area contributed by atoms with E-state index >= 15 is 0 Å². The molecule has 2 atom stereocenters. The van der Waals surface area contributed by atoms with Gasteiger partial charge in [0.15, 0.2) is 0 Å². The van der Waals surface area contributed by atoms with E-state index in [1.165, 1.54) is 18.4 Å². The van der Waals surface area contributed by atoms with Crippen LogP contribution < -0.4 is 5.32 Å². The zero-order valence-corrected chi connectivity index (χ0v) is 15.4. The maximum atomic E-state index is 13.3. The van der Waals surface area contributed by atoms with Crippen molar-refractivity contribution in [2.75, 3.05) is 13.6 Å². The van der Waals surface area contributed by atoms with Crippen molar-refractivity contribution in [3.8, 4) is 0 Å². The van der Waals surface area contributed by atoms with Crippen LogP contribution in [0.2, 0.25) is 0 Å². The Bertz CT molecular complexity index is 587. The van der Waals surface area contributed by atoms with Crippen molar-refractivity contribution in [3.05, 3.63) is 48.0 Å². The maximum Gasteiger partial charge on any atom is 0.316 e. The highest BCUT2D eigenvalue weighted by atomic mass is 16.5. The first-order valence-electron chi connectivity index (χ1n) is 9.76. The van der Waals surface area contributed by atoms with Crippen LogP contribution in [-0.4, -0.2) is 25.7 Å². The fourth-order valence-electron chi connectivity index (χ4n) is 4.42. The molecular weight excluding hydrogens is 310 g/mol. The summed E-state index contributed by atoms with van der Waals surface area (Å²) in [6.07, 6.45) is 8.28. The molecule has 0 amide bonds. The summed E-state index contributed by atoms with van der Waals surface area (Å²) in [6, 6.07) is 10.3. The van der Waals surface area contributed by atoms with Crippen molar-refractivity contribution in [2.24, 2.45) is 5.92 Å². The zero-order valence-electron chi connectivity index (χ0n) is 15.4. The molecule has 3 rings (SSSR count). The molecule has 136 valence electrons. The van der Waals surface area contributed by atoms with Gasteiger partial charge >= 0.3 is 5.97 Å². The molecule has 0 aliphatic heterocycles. The third-order valence-corrected chi connectivity index (χ3v) is 6.07. The van der Waals surface area contributed by atoms with E-state index in [1.807, 2.05) is 25.2 Å². The largest absolute Gasteiger partial charge is 0.461 e. The van der Waals surface area contributed by atoms with Crippen LogP contribution in [-0.2, 0) is 14.9 Å². The third kappa shape index (κ3) is 3.82. The van der Waals surface area contributed by atoms with Crippen LogP contribution >= 0.6 is 0 Å². The maximum absolute atomic E-state index is 13.3. The molecule has 0 radical (unpaired) electrons. The van der Waals surface area contributed by atoms with Crippen LogP contribution in [0.3, 0.4) is 0 Å². The second-order valence-electron chi connectivity index (χ2n) is 7.67. The van der Waals surface area contributed by atoms with E-state index in [-0.39, 0.29) is 12.1 Å². The lowest BCUT2D eigenvalue weighted by molar-refractivity contribution is -0.162. The van der Waals surface area contributed by atoms with E-state index in [2.05, 4.69) is 24.0 Å². The van der Waals surface area contributed by atoms with Crippen molar-refractivity contribution in [1.29, 1.82) is 0 Å². The molecule has 1 N–H and O–H groups in total. The monoisotopic (exact) mass is 341 g/mol. The van der Waals surface area contributed by atoms with Crippen LogP contribution in [0.1, 0.15) is 56.9 Å². The number of hydrogen-bond acceptors (Lipinski definition) is 3. The summed E-state index contributed by atoms with van der Waals surface area (Å²) < 4.78 is 6.09. The molecule has 2 saturated carbocycles. The van der Waals surface area contributed by atoms with Crippen molar-refractivity contribution >= 4 is 5.97 Å². The van der Waals surface area contributed by atoms with Crippen molar-refractivity contribution in [3.63, 3.8) is 0 Å². The molecule has 0 bridgehead atoms. The van der Waals surface area contributed by atoms with Gasteiger partial charge < -0.3 is 10.1 Å². The van der Waals surface area contributed by atoms with Crippen molar-refractivity contribution in [2.45, 2.75) is 62.9 Å². The molecule has 0 aromatic heterocycles. The van der Waals surface area contributed by atoms with Gasteiger partial charge in [-0.3, -0.25) is 4.79 Å². The fourth-order valence-corrected chi connectivity index (χ4v) is 4.42. The van der Waals surface area contributed by atoms with Gasteiger partial charge in [-0.1, -0.05) is 68.2 Å². The summed E-state index contributed by atoms with van der Waals surface area (Å²) in [5.74, 6) is 0.308. The van der Waals surface area contributed by atoms with Gasteiger partial charge in [0.1, 0.15) is 6.10 Å². The SMILES string of the molecule is C=C1CC(OC(=O)C2(c3ccccc3)CCCCCC2)C1CCNC. The molecule has 0 heterocycles. The van der Waals surface area contributed by atoms with E-state index in [0.717, 1.165) is 50.6 Å². The highest BCUT2D eigenvalue weighted by molar-refractivity contribution is 5.83. The minimum atomic E-state index is -0.456. The molecule has 1 aromatic rings. The number of esters is 1. The summed E-state index contributed by atoms with van der Waals surface area (Å²) in [7, 11) is 1.96. The number of rotatable bonds is 6. The van der Waals surface area contributed by atoms with Gasteiger partial charge in [0, 0.05) is 12.3 Å². The van der Waals surface area contributed by atoms with Crippen LogP contribution in [0, 0.1) is 5.92 Å². The average molecular weight is 341 g/mol. The number of ether oxygens (including phenoxy) is 1. The second-order valence-corrected chi connectivity index (χ2v) is 7.67. The van der Waals surface area contributed by atoms with Gasteiger partial charge in [-0.15, -0.1) is 0 Å². The Hall–Kier alpha value is -1.61. The summed E-state index contributed by atoms with van der Waals surface area (Å²) in [5, 5.41) is 3.18. The quantitative estimate of drug-likeness (QED) is 0.474. The van der Waals surface area contributed by atoms with Crippen molar-refractivity contribution < 1.29 is 9.53 Å². The molecule has 3 heteroatoms. The third-order valence-electron chi connectivity index (χ3n) is 6.07. The van der Waals surface area contributed by atoms with E-state index < -0.39 is 5.41 Å². The first-order chi connectivity index (χ1) is 12.2. The van der Waals surface area contributed by atoms with Gasteiger partial charge in [0.05, 0.1) is 5.41 Å². The average Bonchev–Trinajstić information content (AvgIpc) is 2.89. The van der Waals surface area contributed by atoms with Gasteiger partial charge in [-0.25, -0.2) is 0 Å². The number of carbonyl (C=O) groups excluding carboxylic acids is 1. The second kappa shape index (κ2) is 8.18. The van der Waals surface area contributed by atoms with Gasteiger partial charge in [-0.05, 0) is 38.4 Å². The Morgan fingerprint density at radius 1 is 1.20 bits per heavy atom. The Morgan fingerprint density at radius 3 is 2.48 bits per heavy atom. The molecule has 25 heavy (non-hydrogen) atoms. The lowest BCUT2D eigenvalue weighted by Crippen LogP contribution is -2.45. The van der Waals surface area contributed by atoms with Gasteiger partial charge in [0.25, 0.3) is 0 Å². The predicted octanol–water partition coefficient (Wildman–Crippen LogP) is 4.38. The molecule has 2 unspecified atom stereocenters. The lowest BCUT2D eigenvalue weighted by Gasteiger charge is -2.41. The number of nitrogens with one attached hydrogen (secondary N) is 1. The first-order valence-corrected chi connectivity index (χ1v) is 9.76. The van der Waals surface area contributed by atoms with Crippen LogP contribution in [0.5, 0.6) is 0 Å². The Morgan fingerprint density at radius 2 is 1.88 bits per heavy atom. The van der Waals surface area contributed by atoms with Crippen LogP contribution in [0.4, 0.5) is 0 Å². The van der Waals surface area contributed by atoms with E-state index in [4.69, 9.17) is 4.74 Å². The summed E-state index contributed by atoms with van der Waals surface area (Å²) >= 11 is 0. The summed E-state index contributed by atoms with van der Waals surface area (Å²) in [5.41, 5.74) is 1.90. The Labute approximate surface area is 151 Å². The molecule has 2 aliphatic rings. The number of carbonyl (C=O) groups is 1. The Balaban J connectivity index is 1.77. The molecule has 1 aromatic carbocycles. The molecule has 2 fully saturated rings. The zero-order chi connectivity index (χ0) is 17.7. The number of hydrogen-bond donors (Lipinski definition) is 1. The van der Waals surface area contributed by atoms with Gasteiger partial charge in [0.2, 0.25) is 0 Å². The highest BCUT2D eigenvalue weighted by Crippen LogP contribution is 2.43. The van der Waals surface area contributed by atoms with Crippen molar-refractivity contribution in [1.82, 2.24) is 5.32 Å². The normalized spacial score (nSPS) is 25.7. The predicted molar refractivity (Wildman–Crippen MR) is 101 cm³/mol. The topological polar surface area (TPSA) is 38.3 Å². The fraction of sp³-hybridized carbons (Fsp3) is 0.591. The molecule has 3 nitrogen and oxygen atoms in total. The minimum Gasteiger partial charge on any atom is -0.461 e. The molecular formula is C22H31NO2. The van der Waals surface area contributed by atoms with E-state index in [0.29, 0.717) is 5.92 Å². The van der Waals surface area contributed by atoms with E-state index in [9.17, 15) is 4.79 Å². The number of benzene rings is 1. The molecule has 0 spiro atoms. The first kappa shape index (κ1) is 18.2. The van der Waals surface area contributed by atoms with E-state index in [1.54, 1.807) is 0 Å². The minimum absolute atomic E-state index is 0.00689. The van der Waals surface area contributed by atoms with Crippen LogP contribution in [0.15, 0.2) is 42.5 Å². The summed E-state index contributed by atoms with van der Waals surface area (Å²) in [4.78, 5) is 13.3. The molecule has 0 saturated heterocycles. The lowest BCUT2D eigenvalue weighted by atomic mass is 9.72. The Kier molecular flexibility index (Phi) is 5.95. The van der Waals surface area contributed by atoms with Crippen LogP contribution in [0.25, 0.3) is 0 Å². The standard InChI is InChI=1S/C22H31NO2/c1-17-16-20(19(17)12-15-23-2)25-21(24)22(13-8-3-4-9-14-22)18-10-6-5-7-11-18/h5-7,10-11,19-20,23H,1,3-4,8-9,12-16H2,2H3. The smallest absolute Gasteiger partial charge is 0.316 e. The highest BCUT2D eigenvalue weighted by Gasteiger charge is 2.45. The van der Waals surface area contributed by atoms with Gasteiger partial charge in [-0.2, -0.15) is 0 Å².